The van der Waals surface area contributed by atoms with E-state index in [0.29, 0.717) is 19.0 Å². The van der Waals surface area contributed by atoms with E-state index in [2.05, 4.69) is 5.10 Å². The zero-order chi connectivity index (χ0) is 11.3. The standard InChI is InChI=1S/C8H16N3O3P/c1-3-13-15(12,14-4-2)7-11-6-5-8(9)10-11/h5-6H,3-4,7H2,1-2H3,(H2,9,10). The fraction of sp³-hybridized carbons (Fsp3) is 0.625. The second-order valence-corrected chi connectivity index (χ2v) is 4.89. The largest absolute Gasteiger partial charge is 0.382 e. The average molecular weight is 233 g/mol. The van der Waals surface area contributed by atoms with Crippen LogP contribution in [0.1, 0.15) is 13.8 Å². The molecule has 1 aromatic rings. The summed E-state index contributed by atoms with van der Waals surface area (Å²) < 4.78 is 23.7. The lowest BCUT2D eigenvalue weighted by Gasteiger charge is -2.16. The first kappa shape index (κ1) is 12.2. The van der Waals surface area contributed by atoms with Gasteiger partial charge in [-0.1, -0.05) is 0 Å². The first-order valence-electron chi connectivity index (χ1n) is 4.76. The maximum atomic E-state index is 12.0. The van der Waals surface area contributed by atoms with Crippen LogP contribution in [0.4, 0.5) is 5.82 Å². The Kier molecular flexibility index (Phi) is 4.32. The molecule has 0 saturated carbocycles. The third kappa shape index (κ3) is 3.66. The molecule has 0 aromatic carbocycles. The van der Waals surface area contributed by atoms with Crippen molar-refractivity contribution in [3.63, 3.8) is 0 Å². The van der Waals surface area contributed by atoms with Gasteiger partial charge in [-0.3, -0.25) is 9.25 Å². The van der Waals surface area contributed by atoms with Crippen molar-refractivity contribution in [1.29, 1.82) is 0 Å². The van der Waals surface area contributed by atoms with Gasteiger partial charge in [-0.2, -0.15) is 5.10 Å². The maximum absolute atomic E-state index is 12.0. The molecule has 6 nitrogen and oxygen atoms in total. The van der Waals surface area contributed by atoms with Gasteiger partial charge < -0.3 is 14.8 Å². The molecule has 1 aromatic heterocycles. The topological polar surface area (TPSA) is 79.4 Å². The lowest BCUT2D eigenvalue weighted by Crippen LogP contribution is -2.06. The fourth-order valence-corrected chi connectivity index (χ4v) is 2.68. The summed E-state index contributed by atoms with van der Waals surface area (Å²) in [6.45, 7) is 4.22. The van der Waals surface area contributed by atoms with Gasteiger partial charge in [0.2, 0.25) is 0 Å². The first-order valence-corrected chi connectivity index (χ1v) is 6.49. The molecule has 0 aliphatic carbocycles. The van der Waals surface area contributed by atoms with Gasteiger partial charge in [-0.25, -0.2) is 0 Å². The molecule has 86 valence electrons. The van der Waals surface area contributed by atoms with Crippen LogP contribution in [0.3, 0.4) is 0 Å². The van der Waals surface area contributed by atoms with E-state index < -0.39 is 7.60 Å². The van der Waals surface area contributed by atoms with Crippen LogP contribution >= 0.6 is 7.60 Å². The van der Waals surface area contributed by atoms with Crippen molar-refractivity contribution >= 4 is 13.4 Å². The summed E-state index contributed by atoms with van der Waals surface area (Å²) in [6.07, 6.45) is 1.73. The second-order valence-electron chi connectivity index (χ2n) is 2.87. The van der Waals surface area contributed by atoms with Gasteiger partial charge in [0.25, 0.3) is 0 Å². The molecule has 0 fully saturated rings. The molecule has 0 spiro atoms. The number of anilines is 1. The number of hydrogen-bond donors (Lipinski definition) is 1. The summed E-state index contributed by atoms with van der Waals surface area (Å²) in [5.74, 6) is 0.384. The predicted molar refractivity (Wildman–Crippen MR) is 57.5 cm³/mol. The fourth-order valence-electron chi connectivity index (χ4n) is 1.15. The Balaban J connectivity index is 2.70. The number of nitrogen functional groups attached to an aromatic ring is 1. The zero-order valence-electron chi connectivity index (χ0n) is 8.92. The highest BCUT2D eigenvalue weighted by Gasteiger charge is 2.24. The van der Waals surface area contributed by atoms with E-state index in [4.69, 9.17) is 14.8 Å². The Hall–Kier alpha value is -0.840. The van der Waals surface area contributed by atoms with Crippen LogP contribution in [0.2, 0.25) is 0 Å². The van der Waals surface area contributed by atoms with E-state index in [9.17, 15) is 4.57 Å². The Labute approximate surface area is 88.9 Å². The molecule has 0 amide bonds. The third-order valence-electron chi connectivity index (χ3n) is 1.63. The van der Waals surface area contributed by atoms with Gasteiger partial charge in [0.15, 0.2) is 0 Å². The van der Waals surface area contributed by atoms with E-state index in [0.717, 1.165) is 0 Å². The summed E-state index contributed by atoms with van der Waals surface area (Å²) in [6, 6.07) is 1.63. The van der Waals surface area contributed by atoms with Gasteiger partial charge in [0.1, 0.15) is 12.1 Å². The molecule has 0 aliphatic heterocycles. The lowest BCUT2D eigenvalue weighted by atomic mass is 10.7. The normalized spacial score (nSPS) is 11.9. The minimum Gasteiger partial charge on any atom is -0.382 e. The zero-order valence-corrected chi connectivity index (χ0v) is 9.81. The molecular formula is C8H16N3O3P. The van der Waals surface area contributed by atoms with Gasteiger partial charge in [0, 0.05) is 6.20 Å². The molecule has 2 N–H and O–H groups in total. The van der Waals surface area contributed by atoms with E-state index >= 15 is 0 Å². The van der Waals surface area contributed by atoms with Gasteiger partial charge in [0.05, 0.1) is 13.2 Å². The maximum Gasteiger partial charge on any atom is 0.351 e. The summed E-state index contributed by atoms with van der Waals surface area (Å²) in [4.78, 5) is 0. The molecular weight excluding hydrogens is 217 g/mol. The summed E-state index contributed by atoms with van der Waals surface area (Å²) in [5, 5.41) is 3.92. The van der Waals surface area contributed by atoms with Gasteiger partial charge in [-0.05, 0) is 19.9 Å². The van der Waals surface area contributed by atoms with Gasteiger partial charge in [-0.15, -0.1) is 0 Å². The summed E-state index contributed by atoms with van der Waals surface area (Å²) >= 11 is 0. The number of aromatic nitrogens is 2. The number of hydrogen-bond acceptors (Lipinski definition) is 5. The summed E-state index contributed by atoms with van der Waals surface area (Å²) in [5.41, 5.74) is 5.44. The van der Waals surface area contributed by atoms with Crippen LogP contribution < -0.4 is 5.73 Å². The third-order valence-corrected chi connectivity index (χ3v) is 3.57. The lowest BCUT2D eigenvalue weighted by molar-refractivity contribution is 0.213. The molecule has 1 heterocycles. The van der Waals surface area contributed by atoms with Crippen molar-refractivity contribution in [1.82, 2.24) is 9.78 Å². The van der Waals surface area contributed by atoms with Crippen molar-refractivity contribution in [2.24, 2.45) is 0 Å². The van der Waals surface area contributed by atoms with Crippen molar-refractivity contribution in [3.8, 4) is 0 Å². The van der Waals surface area contributed by atoms with Crippen LogP contribution in [0.5, 0.6) is 0 Å². The molecule has 0 bridgehead atoms. The van der Waals surface area contributed by atoms with Crippen molar-refractivity contribution in [2.75, 3.05) is 18.9 Å². The Morgan fingerprint density at radius 2 is 2.07 bits per heavy atom. The Morgan fingerprint density at radius 3 is 2.47 bits per heavy atom. The van der Waals surface area contributed by atoms with Crippen LogP contribution in [0.25, 0.3) is 0 Å². The van der Waals surface area contributed by atoms with E-state index in [1.807, 2.05) is 0 Å². The van der Waals surface area contributed by atoms with Crippen molar-refractivity contribution in [3.05, 3.63) is 12.3 Å². The average Bonchev–Trinajstić information content (AvgIpc) is 2.51. The minimum atomic E-state index is -3.08. The van der Waals surface area contributed by atoms with Crippen LogP contribution in [-0.2, 0) is 19.9 Å². The van der Waals surface area contributed by atoms with Crippen molar-refractivity contribution < 1.29 is 13.6 Å². The monoisotopic (exact) mass is 233 g/mol. The molecule has 15 heavy (non-hydrogen) atoms. The number of rotatable bonds is 6. The minimum absolute atomic E-state index is 0.0892. The first-order chi connectivity index (χ1) is 7.09. The Morgan fingerprint density at radius 1 is 1.47 bits per heavy atom. The molecule has 1 rings (SSSR count). The predicted octanol–water partition coefficient (Wildman–Crippen LogP) is 1.69. The highest BCUT2D eigenvalue weighted by Crippen LogP contribution is 2.49. The number of nitrogens with zero attached hydrogens (tertiary/aromatic N) is 2. The smallest absolute Gasteiger partial charge is 0.351 e. The molecule has 0 unspecified atom stereocenters. The highest BCUT2D eigenvalue weighted by molar-refractivity contribution is 7.52. The molecule has 0 aliphatic rings. The number of nitrogens with two attached hydrogens (primary N) is 1. The highest BCUT2D eigenvalue weighted by atomic mass is 31.2. The molecule has 7 heteroatoms. The summed E-state index contributed by atoms with van der Waals surface area (Å²) in [7, 11) is -3.08. The quantitative estimate of drug-likeness (QED) is 0.756. The SMILES string of the molecule is CCOP(=O)(Cn1ccc(N)n1)OCC. The van der Waals surface area contributed by atoms with E-state index in [1.54, 1.807) is 26.1 Å². The Bertz CT molecular complexity index is 343. The second kappa shape index (κ2) is 5.30. The van der Waals surface area contributed by atoms with Crippen molar-refractivity contribution in [2.45, 2.75) is 20.1 Å². The molecule has 0 radical (unpaired) electrons. The van der Waals surface area contributed by atoms with Crippen LogP contribution in [-0.4, -0.2) is 23.0 Å². The van der Waals surface area contributed by atoms with Crippen LogP contribution in [0.15, 0.2) is 12.3 Å². The van der Waals surface area contributed by atoms with E-state index in [-0.39, 0.29) is 6.29 Å². The van der Waals surface area contributed by atoms with Gasteiger partial charge >= 0.3 is 7.60 Å². The van der Waals surface area contributed by atoms with Crippen LogP contribution in [0, 0.1) is 0 Å². The van der Waals surface area contributed by atoms with E-state index in [1.165, 1.54) is 4.68 Å². The molecule has 0 saturated heterocycles. The molecule has 0 atom stereocenters.